The van der Waals surface area contributed by atoms with E-state index in [1.54, 1.807) is 0 Å². The predicted molar refractivity (Wildman–Crippen MR) is 64.8 cm³/mol. The third kappa shape index (κ3) is 1.79. The lowest BCUT2D eigenvalue weighted by molar-refractivity contribution is -0.151. The summed E-state index contributed by atoms with van der Waals surface area (Å²) in [6, 6.07) is 2.85. The Kier molecular flexibility index (Phi) is 2.55. The first-order valence-electron chi connectivity index (χ1n) is 6.10. The van der Waals surface area contributed by atoms with E-state index < -0.39 is 17.9 Å². The number of carbonyl (C=O) groups is 1. The zero-order chi connectivity index (χ0) is 13.8. The number of ether oxygens (including phenoxy) is 3. The third-order valence-electron chi connectivity index (χ3n) is 3.45. The Bertz CT molecular complexity index is 604. The molecule has 2 atom stereocenters. The fourth-order valence-electron chi connectivity index (χ4n) is 2.75. The molecule has 0 bridgehead atoms. The molecule has 102 valence electrons. The van der Waals surface area contributed by atoms with Gasteiger partial charge in [0.2, 0.25) is 0 Å². The second-order valence-corrected chi connectivity index (χ2v) is 5.17. The molecule has 1 aromatic rings. The predicted octanol–water partition coefficient (Wildman–Crippen LogP) is 0.841. The maximum Gasteiger partial charge on any atom is 0.339 e. The van der Waals surface area contributed by atoms with Crippen molar-refractivity contribution in [3.63, 3.8) is 0 Å². The van der Waals surface area contributed by atoms with Crippen molar-refractivity contribution in [2.45, 2.75) is 38.4 Å². The second-order valence-electron chi connectivity index (χ2n) is 5.17. The molecule has 0 aromatic carbocycles. The summed E-state index contributed by atoms with van der Waals surface area (Å²) < 4.78 is 17.8. The van der Waals surface area contributed by atoms with Gasteiger partial charge in [0.15, 0.2) is 5.79 Å². The molecule has 0 unspecified atom stereocenters. The van der Waals surface area contributed by atoms with E-state index in [9.17, 15) is 9.59 Å². The van der Waals surface area contributed by atoms with Crippen LogP contribution >= 0.6 is 0 Å². The highest BCUT2D eigenvalue weighted by atomic mass is 16.8. The van der Waals surface area contributed by atoms with Crippen LogP contribution in [0, 0.1) is 0 Å². The van der Waals surface area contributed by atoms with Crippen molar-refractivity contribution >= 4 is 5.97 Å². The minimum atomic E-state index is -0.708. The molecule has 6 heteroatoms. The van der Waals surface area contributed by atoms with Crippen molar-refractivity contribution in [3.05, 3.63) is 33.7 Å². The topological polar surface area (TPSA) is 66.8 Å². The number of carbonyl (C=O) groups excluding carboxylic acids is 1. The standard InChI is InChI=1S/C13H15NO5/c1-13(2)18-8-6-14-9(15)5-4-7(12(16)17-3)10(14)11(8)19-13/h4-5,8,11H,6H2,1-3H3/t8-,11-/m1/s1. The summed E-state index contributed by atoms with van der Waals surface area (Å²) in [5, 5.41) is 0. The molecule has 0 spiro atoms. The summed E-state index contributed by atoms with van der Waals surface area (Å²) in [7, 11) is 1.31. The molecule has 3 heterocycles. The van der Waals surface area contributed by atoms with Crippen LogP contribution in [0.3, 0.4) is 0 Å². The third-order valence-corrected chi connectivity index (χ3v) is 3.45. The quantitative estimate of drug-likeness (QED) is 0.704. The molecule has 0 saturated carbocycles. The van der Waals surface area contributed by atoms with Crippen LogP contribution < -0.4 is 5.56 Å². The average molecular weight is 265 g/mol. The summed E-state index contributed by atoms with van der Waals surface area (Å²) in [6.45, 7) is 4.02. The van der Waals surface area contributed by atoms with Crippen LogP contribution in [0.25, 0.3) is 0 Å². The van der Waals surface area contributed by atoms with Crippen LogP contribution in [0.2, 0.25) is 0 Å². The summed E-state index contributed by atoms with van der Waals surface area (Å²) in [5.41, 5.74) is 0.743. The molecular formula is C13H15NO5. The number of hydrogen-bond acceptors (Lipinski definition) is 5. The van der Waals surface area contributed by atoms with Crippen molar-refractivity contribution in [2.24, 2.45) is 0 Å². The molecule has 1 aromatic heterocycles. The van der Waals surface area contributed by atoms with Gasteiger partial charge in [0, 0.05) is 6.07 Å². The Hall–Kier alpha value is -1.66. The first kappa shape index (κ1) is 12.4. The van der Waals surface area contributed by atoms with E-state index in [2.05, 4.69) is 0 Å². The Balaban J connectivity index is 2.14. The molecule has 19 heavy (non-hydrogen) atoms. The molecule has 0 radical (unpaired) electrons. The van der Waals surface area contributed by atoms with E-state index in [0.29, 0.717) is 17.8 Å². The molecule has 2 aliphatic heterocycles. The normalized spacial score (nSPS) is 26.9. The maximum atomic E-state index is 11.9. The van der Waals surface area contributed by atoms with Crippen molar-refractivity contribution in [1.29, 1.82) is 0 Å². The number of methoxy groups -OCH3 is 1. The van der Waals surface area contributed by atoms with E-state index in [1.807, 2.05) is 13.8 Å². The number of rotatable bonds is 1. The number of nitrogens with zero attached hydrogens (tertiary/aromatic N) is 1. The largest absolute Gasteiger partial charge is 0.465 e. The summed E-state index contributed by atoms with van der Waals surface area (Å²) >= 11 is 0. The van der Waals surface area contributed by atoms with Crippen molar-refractivity contribution in [1.82, 2.24) is 4.57 Å². The molecule has 1 saturated heterocycles. The van der Waals surface area contributed by atoms with Crippen LogP contribution in [0.1, 0.15) is 36.0 Å². The summed E-state index contributed by atoms with van der Waals surface area (Å²) in [4.78, 5) is 23.7. The highest BCUT2D eigenvalue weighted by Crippen LogP contribution is 2.43. The average Bonchev–Trinajstić information content (AvgIpc) is 2.82. The highest BCUT2D eigenvalue weighted by molar-refractivity contribution is 5.90. The fraction of sp³-hybridized carbons (Fsp3) is 0.538. The lowest BCUT2D eigenvalue weighted by Crippen LogP contribution is -2.28. The molecule has 1 fully saturated rings. The Labute approximate surface area is 109 Å². The van der Waals surface area contributed by atoms with Crippen LogP contribution in [-0.2, 0) is 20.8 Å². The van der Waals surface area contributed by atoms with Crippen molar-refractivity contribution < 1.29 is 19.0 Å². The number of esters is 1. The zero-order valence-corrected chi connectivity index (χ0v) is 11.0. The maximum absolute atomic E-state index is 11.9. The lowest BCUT2D eigenvalue weighted by atomic mass is 10.1. The van der Waals surface area contributed by atoms with Gasteiger partial charge in [0.05, 0.1) is 24.9 Å². The molecule has 0 N–H and O–H groups in total. The van der Waals surface area contributed by atoms with Gasteiger partial charge in [0.25, 0.3) is 5.56 Å². The van der Waals surface area contributed by atoms with E-state index in [0.717, 1.165) is 0 Å². The molecule has 2 aliphatic rings. The van der Waals surface area contributed by atoms with Crippen LogP contribution in [0.4, 0.5) is 0 Å². The number of aromatic nitrogens is 1. The molecule has 6 nitrogen and oxygen atoms in total. The lowest BCUT2D eigenvalue weighted by Gasteiger charge is -2.20. The van der Waals surface area contributed by atoms with Gasteiger partial charge in [-0.15, -0.1) is 0 Å². The van der Waals surface area contributed by atoms with Crippen LogP contribution in [0.5, 0.6) is 0 Å². The molecule has 0 aliphatic carbocycles. The highest BCUT2D eigenvalue weighted by Gasteiger charge is 2.49. The van der Waals surface area contributed by atoms with Crippen molar-refractivity contribution in [2.75, 3.05) is 7.11 Å². The summed E-state index contributed by atoms with van der Waals surface area (Å²) in [5.74, 6) is -1.18. The van der Waals surface area contributed by atoms with E-state index >= 15 is 0 Å². The van der Waals surface area contributed by atoms with Gasteiger partial charge in [-0.3, -0.25) is 4.79 Å². The first-order chi connectivity index (χ1) is 8.93. The molecule has 3 rings (SSSR count). The Morgan fingerprint density at radius 1 is 1.42 bits per heavy atom. The number of hydrogen-bond donors (Lipinski definition) is 0. The number of fused-ring (bicyclic) bond motifs is 3. The Morgan fingerprint density at radius 2 is 2.16 bits per heavy atom. The van der Waals surface area contributed by atoms with Gasteiger partial charge >= 0.3 is 5.97 Å². The first-order valence-corrected chi connectivity index (χ1v) is 6.10. The minimum Gasteiger partial charge on any atom is -0.465 e. The van der Waals surface area contributed by atoms with Gasteiger partial charge in [-0.25, -0.2) is 4.79 Å². The van der Waals surface area contributed by atoms with E-state index in [1.165, 1.54) is 23.8 Å². The smallest absolute Gasteiger partial charge is 0.339 e. The zero-order valence-electron chi connectivity index (χ0n) is 11.0. The SMILES string of the molecule is COC(=O)c1ccc(=O)n2c1[C@@H]1OC(C)(C)O[C@@H]1C2. The number of pyridine rings is 1. The molecular weight excluding hydrogens is 250 g/mol. The Morgan fingerprint density at radius 3 is 2.84 bits per heavy atom. The van der Waals surface area contributed by atoms with Crippen molar-refractivity contribution in [3.8, 4) is 0 Å². The van der Waals surface area contributed by atoms with Gasteiger partial charge in [-0.1, -0.05) is 0 Å². The van der Waals surface area contributed by atoms with E-state index in [4.69, 9.17) is 14.2 Å². The second kappa shape index (κ2) is 3.91. The summed E-state index contributed by atoms with van der Waals surface area (Å²) in [6.07, 6.45) is -0.647. The van der Waals surface area contributed by atoms with Gasteiger partial charge in [-0.2, -0.15) is 0 Å². The van der Waals surface area contributed by atoms with Gasteiger partial charge in [-0.05, 0) is 19.9 Å². The van der Waals surface area contributed by atoms with Crippen LogP contribution in [0.15, 0.2) is 16.9 Å². The molecule has 0 amide bonds. The minimum absolute atomic E-state index is 0.165. The van der Waals surface area contributed by atoms with E-state index in [-0.39, 0.29) is 11.7 Å². The monoisotopic (exact) mass is 265 g/mol. The van der Waals surface area contributed by atoms with Gasteiger partial charge < -0.3 is 18.8 Å². The van der Waals surface area contributed by atoms with Gasteiger partial charge in [0.1, 0.15) is 12.2 Å². The van der Waals surface area contributed by atoms with Crippen LogP contribution in [-0.4, -0.2) is 29.5 Å². The fourth-order valence-corrected chi connectivity index (χ4v) is 2.75.